The van der Waals surface area contributed by atoms with Crippen LogP contribution in [0.4, 0.5) is 10.5 Å². The van der Waals surface area contributed by atoms with E-state index in [1.54, 1.807) is 42.9 Å². The number of likely N-dealkylation sites (tertiary alicyclic amines) is 1. The molecule has 0 unspecified atom stereocenters. The Labute approximate surface area is 134 Å². The fourth-order valence-corrected chi connectivity index (χ4v) is 2.55. The van der Waals surface area contributed by atoms with Gasteiger partial charge in [-0.25, -0.2) is 4.79 Å². The van der Waals surface area contributed by atoms with Gasteiger partial charge in [-0.15, -0.1) is 0 Å². The van der Waals surface area contributed by atoms with Crippen molar-refractivity contribution in [1.82, 2.24) is 10.2 Å². The van der Waals surface area contributed by atoms with Crippen LogP contribution in [-0.2, 0) is 6.54 Å². The Morgan fingerprint density at radius 2 is 1.83 bits per heavy atom. The van der Waals surface area contributed by atoms with Gasteiger partial charge < -0.3 is 20.0 Å². The lowest BCUT2D eigenvalue weighted by Gasteiger charge is -2.15. The first kappa shape index (κ1) is 15.1. The summed E-state index contributed by atoms with van der Waals surface area (Å²) < 4.78 is 4.94. The highest BCUT2D eigenvalue weighted by molar-refractivity contribution is 5.95. The number of carbonyl (C=O) groups is 2. The standard InChI is InChI=1S/C17H19N3O3/c21-16(20-8-1-2-9-20)14-3-5-15(6-4-14)19-17(22)18-11-13-7-10-23-12-13/h3-7,10,12H,1-2,8-9,11H2,(H2,18,19,22). The third-order valence-electron chi connectivity index (χ3n) is 3.82. The highest BCUT2D eigenvalue weighted by atomic mass is 16.3. The number of furan rings is 1. The molecule has 0 atom stereocenters. The maximum atomic E-state index is 12.2. The molecule has 6 nitrogen and oxygen atoms in total. The molecule has 1 fully saturated rings. The van der Waals surface area contributed by atoms with Crippen molar-refractivity contribution in [1.29, 1.82) is 0 Å². The summed E-state index contributed by atoms with van der Waals surface area (Å²) in [4.78, 5) is 25.9. The molecular weight excluding hydrogens is 294 g/mol. The Morgan fingerprint density at radius 3 is 2.48 bits per heavy atom. The van der Waals surface area contributed by atoms with Gasteiger partial charge in [0.05, 0.1) is 12.5 Å². The quantitative estimate of drug-likeness (QED) is 0.911. The van der Waals surface area contributed by atoms with Crippen LogP contribution in [0.25, 0.3) is 0 Å². The van der Waals surface area contributed by atoms with Gasteiger partial charge in [0.25, 0.3) is 5.91 Å². The van der Waals surface area contributed by atoms with Crippen molar-refractivity contribution in [2.75, 3.05) is 18.4 Å². The van der Waals surface area contributed by atoms with Gasteiger partial charge in [0.1, 0.15) is 0 Å². The first-order valence-electron chi connectivity index (χ1n) is 7.67. The van der Waals surface area contributed by atoms with Crippen LogP contribution in [0.3, 0.4) is 0 Å². The Morgan fingerprint density at radius 1 is 1.09 bits per heavy atom. The van der Waals surface area contributed by atoms with Crippen LogP contribution >= 0.6 is 0 Å². The number of anilines is 1. The Hall–Kier alpha value is -2.76. The predicted octanol–water partition coefficient (Wildman–Crippen LogP) is 2.84. The van der Waals surface area contributed by atoms with Gasteiger partial charge in [0, 0.05) is 36.4 Å². The van der Waals surface area contributed by atoms with Crippen molar-refractivity contribution in [2.24, 2.45) is 0 Å². The molecule has 3 amide bonds. The molecule has 2 heterocycles. The minimum Gasteiger partial charge on any atom is -0.472 e. The molecular formula is C17H19N3O3. The molecule has 2 N–H and O–H groups in total. The van der Waals surface area contributed by atoms with E-state index in [0.717, 1.165) is 31.5 Å². The molecule has 1 aliphatic heterocycles. The Kier molecular flexibility index (Phi) is 4.61. The van der Waals surface area contributed by atoms with Crippen LogP contribution in [-0.4, -0.2) is 29.9 Å². The van der Waals surface area contributed by atoms with Gasteiger partial charge in [-0.1, -0.05) is 0 Å². The van der Waals surface area contributed by atoms with Crippen molar-refractivity contribution >= 4 is 17.6 Å². The Balaban J connectivity index is 1.52. The second-order valence-corrected chi connectivity index (χ2v) is 5.52. The summed E-state index contributed by atoms with van der Waals surface area (Å²) in [7, 11) is 0. The lowest BCUT2D eigenvalue weighted by Crippen LogP contribution is -2.28. The zero-order chi connectivity index (χ0) is 16.1. The molecule has 3 rings (SSSR count). The molecule has 1 saturated heterocycles. The van der Waals surface area contributed by atoms with Crippen LogP contribution in [0.5, 0.6) is 0 Å². The molecule has 0 aliphatic carbocycles. The number of rotatable bonds is 4. The third kappa shape index (κ3) is 3.91. The van der Waals surface area contributed by atoms with E-state index in [0.29, 0.717) is 17.8 Å². The predicted molar refractivity (Wildman–Crippen MR) is 86.1 cm³/mol. The van der Waals surface area contributed by atoms with Gasteiger partial charge in [-0.3, -0.25) is 4.79 Å². The molecule has 1 aliphatic rings. The molecule has 6 heteroatoms. The summed E-state index contributed by atoms with van der Waals surface area (Å²) in [5, 5.41) is 5.46. The van der Waals surface area contributed by atoms with E-state index in [2.05, 4.69) is 10.6 Å². The van der Waals surface area contributed by atoms with Gasteiger partial charge >= 0.3 is 6.03 Å². The van der Waals surface area contributed by atoms with Gasteiger partial charge in [-0.2, -0.15) is 0 Å². The highest BCUT2D eigenvalue weighted by Crippen LogP contribution is 2.15. The molecule has 0 spiro atoms. The van der Waals surface area contributed by atoms with E-state index in [1.165, 1.54) is 0 Å². The van der Waals surface area contributed by atoms with Gasteiger partial charge in [0.2, 0.25) is 0 Å². The third-order valence-corrected chi connectivity index (χ3v) is 3.82. The number of hydrogen-bond acceptors (Lipinski definition) is 3. The summed E-state index contributed by atoms with van der Waals surface area (Å²) >= 11 is 0. The van der Waals surface area contributed by atoms with Crippen LogP contribution in [0.2, 0.25) is 0 Å². The second kappa shape index (κ2) is 7.00. The van der Waals surface area contributed by atoms with E-state index in [-0.39, 0.29) is 11.9 Å². The average molecular weight is 313 g/mol. The van der Waals surface area contributed by atoms with Crippen LogP contribution in [0.1, 0.15) is 28.8 Å². The zero-order valence-corrected chi connectivity index (χ0v) is 12.7. The van der Waals surface area contributed by atoms with Crippen molar-refractivity contribution in [3.8, 4) is 0 Å². The topological polar surface area (TPSA) is 74.6 Å². The number of nitrogens with one attached hydrogen (secondary N) is 2. The van der Waals surface area contributed by atoms with Crippen LogP contribution < -0.4 is 10.6 Å². The van der Waals surface area contributed by atoms with Crippen molar-refractivity contribution < 1.29 is 14.0 Å². The number of urea groups is 1. The molecule has 1 aromatic heterocycles. The minimum absolute atomic E-state index is 0.0541. The van der Waals surface area contributed by atoms with Gasteiger partial charge in [0.15, 0.2) is 0 Å². The summed E-state index contributed by atoms with van der Waals surface area (Å²) in [6.45, 7) is 2.05. The monoisotopic (exact) mass is 313 g/mol. The van der Waals surface area contributed by atoms with E-state index in [9.17, 15) is 9.59 Å². The molecule has 0 saturated carbocycles. The average Bonchev–Trinajstić information content (AvgIpc) is 3.26. The largest absolute Gasteiger partial charge is 0.472 e. The fraction of sp³-hybridized carbons (Fsp3) is 0.294. The summed E-state index contributed by atoms with van der Waals surface area (Å²) in [5.74, 6) is 0.0541. The van der Waals surface area contributed by atoms with Crippen molar-refractivity contribution in [2.45, 2.75) is 19.4 Å². The lowest BCUT2D eigenvalue weighted by molar-refractivity contribution is 0.0793. The zero-order valence-electron chi connectivity index (χ0n) is 12.7. The fourth-order valence-electron chi connectivity index (χ4n) is 2.55. The smallest absolute Gasteiger partial charge is 0.319 e. The number of nitrogens with zero attached hydrogens (tertiary/aromatic N) is 1. The first-order valence-corrected chi connectivity index (χ1v) is 7.67. The number of carbonyl (C=O) groups excluding carboxylic acids is 2. The molecule has 1 aromatic carbocycles. The SMILES string of the molecule is O=C(NCc1ccoc1)Nc1ccc(C(=O)N2CCCC2)cc1. The summed E-state index contributed by atoms with van der Waals surface area (Å²) in [6.07, 6.45) is 5.29. The first-order chi connectivity index (χ1) is 11.2. The number of amides is 3. The van der Waals surface area contributed by atoms with Gasteiger partial charge in [-0.05, 0) is 43.2 Å². The maximum Gasteiger partial charge on any atom is 0.319 e. The molecule has 0 bridgehead atoms. The van der Waals surface area contributed by atoms with E-state index < -0.39 is 0 Å². The number of hydrogen-bond donors (Lipinski definition) is 2. The van der Waals surface area contributed by atoms with Crippen molar-refractivity contribution in [3.05, 3.63) is 54.0 Å². The lowest BCUT2D eigenvalue weighted by atomic mass is 10.2. The molecule has 2 aromatic rings. The molecule has 0 radical (unpaired) electrons. The van der Waals surface area contributed by atoms with Crippen LogP contribution in [0, 0.1) is 0 Å². The van der Waals surface area contributed by atoms with E-state index >= 15 is 0 Å². The minimum atomic E-state index is -0.301. The normalized spacial score (nSPS) is 13.8. The molecule has 120 valence electrons. The second-order valence-electron chi connectivity index (χ2n) is 5.52. The summed E-state index contributed by atoms with van der Waals surface area (Å²) in [5.41, 5.74) is 2.19. The molecule has 23 heavy (non-hydrogen) atoms. The Bertz CT molecular complexity index is 659. The van der Waals surface area contributed by atoms with Crippen LogP contribution in [0.15, 0.2) is 47.3 Å². The van der Waals surface area contributed by atoms with E-state index in [4.69, 9.17) is 4.42 Å². The maximum absolute atomic E-state index is 12.2. The number of benzene rings is 1. The van der Waals surface area contributed by atoms with E-state index in [1.807, 2.05) is 4.90 Å². The highest BCUT2D eigenvalue weighted by Gasteiger charge is 2.19. The van der Waals surface area contributed by atoms with Crippen molar-refractivity contribution in [3.63, 3.8) is 0 Å². The summed E-state index contributed by atoms with van der Waals surface area (Å²) in [6, 6.07) is 8.45.